The third kappa shape index (κ3) is 1.63. The maximum atomic E-state index is 5.70. The van der Waals surface area contributed by atoms with Gasteiger partial charge in [0.15, 0.2) is 0 Å². The van der Waals surface area contributed by atoms with Crippen molar-refractivity contribution >= 4 is 11.5 Å². The molecular formula is C12H17N3O. The first-order valence-electron chi connectivity index (χ1n) is 5.88. The van der Waals surface area contributed by atoms with Crippen molar-refractivity contribution in [2.75, 3.05) is 30.3 Å². The van der Waals surface area contributed by atoms with Crippen LogP contribution in [0, 0.1) is 0 Å². The molecule has 86 valence electrons. The van der Waals surface area contributed by atoms with Crippen LogP contribution in [0.3, 0.4) is 0 Å². The molecule has 0 amide bonds. The lowest BCUT2D eigenvalue weighted by molar-refractivity contribution is -0.158. The lowest BCUT2D eigenvalue weighted by Gasteiger charge is -2.48. The summed E-state index contributed by atoms with van der Waals surface area (Å²) < 4.78 is 5.70. The van der Waals surface area contributed by atoms with Gasteiger partial charge in [-0.2, -0.15) is 0 Å². The van der Waals surface area contributed by atoms with E-state index >= 15 is 0 Å². The smallest absolute Gasteiger partial charge is 0.123 e. The lowest BCUT2D eigenvalue weighted by atomic mass is 9.84. The van der Waals surface area contributed by atoms with Crippen molar-refractivity contribution in [3.63, 3.8) is 0 Å². The van der Waals surface area contributed by atoms with E-state index < -0.39 is 0 Å². The fourth-order valence-electron chi connectivity index (χ4n) is 2.54. The van der Waals surface area contributed by atoms with Gasteiger partial charge in [0.1, 0.15) is 5.82 Å². The van der Waals surface area contributed by atoms with Crippen LogP contribution in [0.2, 0.25) is 0 Å². The Morgan fingerprint density at radius 2 is 2.00 bits per heavy atom. The molecule has 0 saturated carbocycles. The second kappa shape index (κ2) is 3.63. The van der Waals surface area contributed by atoms with Gasteiger partial charge in [0, 0.05) is 13.1 Å². The number of hydrogen-bond donors (Lipinski definition) is 1. The van der Waals surface area contributed by atoms with E-state index in [0.717, 1.165) is 32.5 Å². The molecule has 0 aromatic carbocycles. The quantitative estimate of drug-likeness (QED) is 0.776. The minimum absolute atomic E-state index is 0.220. The highest BCUT2D eigenvalue weighted by Crippen LogP contribution is 2.37. The number of nitrogens with zero attached hydrogens (tertiary/aromatic N) is 2. The van der Waals surface area contributed by atoms with Gasteiger partial charge in [-0.15, -0.1) is 0 Å². The summed E-state index contributed by atoms with van der Waals surface area (Å²) >= 11 is 0. The molecule has 2 fully saturated rings. The summed E-state index contributed by atoms with van der Waals surface area (Å²) in [6.45, 7) is 3.07. The van der Waals surface area contributed by atoms with Crippen LogP contribution in [0.15, 0.2) is 18.3 Å². The van der Waals surface area contributed by atoms with E-state index in [2.05, 4.69) is 9.88 Å². The summed E-state index contributed by atoms with van der Waals surface area (Å²) in [6, 6.07) is 3.90. The predicted molar refractivity (Wildman–Crippen MR) is 63.4 cm³/mol. The molecule has 0 atom stereocenters. The van der Waals surface area contributed by atoms with Crippen LogP contribution in [0.5, 0.6) is 0 Å². The van der Waals surface area contributed by atoms with E-state index in [1.807, 2.05) is 18.3 Å². The van der Waals surface area contributed by atoms with Crippen molar-refractivity contribution in [2.24, 2.45) is 0 Å². The van der Waals surface area contributed by atoms with Crippen molar-refractivity contribution in [1.29, 1.82) is 0 Å². The molecule has 3 rings (SSSR count). The van der Waals surface area contributed by atoms with Gasteiger partial charge in [0.05, 0.1) is 24.1 Å². The second-order valence-electron chi connectivity index (χ2n) is 4.71. The third-order valence-corrected chi connectivity index (χ3v) is 3.78. The SMILES string of the molecule is Nc1ccc(N2CCC3(CCO3)CC2)cn1. The normalized spacial score (nSPS) is 23.1. The molecule has 1 aromatic heterocycles. The van der Waals surface area contributed by atoms with Crippen molar-refractivity contribution in [3.8, 4) is 0 Å². The van der Waals surface area contributed by atoms with E-state index in [9.17, 15) is 0 Å². The van der Waals surface area contributed by atoms with Gasteiger partial charge < -0.3 is 15.4 Å². The number of nitrogen functional groups attached to an aromatic ring is 1. The largest absolute Gasteiger partial charge is 0.384 e. The molecule has 0 aliphatic carbocycles. The number of nitrogens with two attached hydrogens (primary N) is 1. The van der Waals surface area contributed by atoms with Gasteiger partial charge in [0.2, 0.25) is 0 Å². The Morgan fingerprint density at radius 3 is 2.50 bits per heavy atom. The maximum Gasteiger partial charge on any atom is 0.123 e. The number of pyridine rings is 1. The number of aromatic nitrogens is 1. The monoisotopic (exact) mass is 219 g/mol. The summed E-state index contributed by atoms with van der Waals surface area (Å²) in [4.78, 5) is 6.49. The zero-order valence-corrected chi connectivity index (χ0v) is 9.35. The van der Waals surface area contributed by atoms with Gasteiger partial charge in [-0.1, -0.05) is 0 Å². The van der Waals surface area contributed by atoms with Crippen molar-refractivity contribution < 1.29 is 4.74 Å². The average Bonchev–Trinajstić information content (AvgIpc) is 2.28. The zero-order valence-electron chi connectivity index (χ0n) is 9.35. The number of anilines is 2. The molecule has 1 spiro atoms. The van der Waals surface area contributed by atoms with E-state index in [1.165, 1.54) is 12.1 Å². The number of ether oxygens (including phenoxy) is 1. The predicted octanol–water partition coefficient (Wildman–Crippen LogP) is 1.42. The summed E-state index contributed by atoms with van der Waals surface area (Å²) in [5.41, 5.74) is 6.97. The molecule has 1 aromatic rings. The Morgan fingerprint density at radius 1 is 1.25 bits per heavy atom. The molecule has 16 heavy (non-hydrogen) atoms. The summed E-state index contributed by atoms with van der Waals surface area (Å²) in [6.07, 6.45) is 5.37. The van der Waals surface area contributed by atoms with Crippen LogP contribution in [-0.4, -0.2) is 30.3 Å². The first-order chi connectivity index (χ1) is 7.77. The van der Waals surface area contributed by atoms with E-state index in [1.54, 1.807) is 0 Å². The minimum Gasteiger partial charge on any atom is -0.384 e. The Kier molecular flexibility index (Phi) is 2.24. The average molecular weight is 219 g/mol. The number of hydrogen-bond acceptors (Lipinski definition) is 4. The molecule has 4 nitrogen and oxygen atoms in total. The maximum absolute atomic E-state index is 5.70. The number of rotatable bonds is 1. The minimum atomic E-state index is 0.220. The van der Waals surface area contributed by atoms with E-state index in [0.29, 0.717) is 5.82 Å². The molecule has 3 heterocycles. The van der Waals surface area contributed by atoms with Gasteiger partial charge >= 0.3 is 0 Å². The van der Waals surface area contributed by atoms with Crippen molar-refractivity contribution in [2.45, 2.75) is 24.9 Å². The molecule has 0 bridgehead atoms. The molecule has 2 saturated heterocycles. The molecule has 4 heteroatoms. The van der Waals surface area contributed by atoms with Crippen LogP contribution in [0.4, 0.5) is 11.5 Å². The van der Waals surface area contributed by atoms with Crippen LogP contribution in [0.1, 0.15) is 19.3 Å². The Hall–Kier alpha value is -1.29. The van der Waals surface area contributed by atoms with Gasteiger partial charge in [-0.3, -0.25) is 0 Å². The van der Waals surface area contributed by atoms with Crippen LogP contribution in [0.25, 0.3) is 0 Å². The van der Waals surface area contributed by atoms with Gasteiger partial charge in [0.25, 0.3) is 0 Å². The molecule has 0 radical (unpaired) electrons. The standard InChI is InChI=1S/C12H17N3O/c13-11-2-1-10(9-14-11)15-6-3-12(4-7-15)5-8-16-12/h1-2,9H,3-8H2,(H2,13,14). The first kappa shape index (κ1) is 9.90. The summed E-state index contributed by atoms with van der Waals surface area (Å²) in [7, 11) is 0. The van der Waals surface area contributed by atoms with Gasteiger partial charge in [-0.05, 0) is 31.4 Å². The highest BCUT2D eigenvalue weighted by Gasteiger charge is 2.41. The number of piperidine rings is 1. The highest BCUT2D eigenvalue weighted by atomic mass is 16.5. The first-order valence-corrected chi connectivity index (χ1v) is 5.88. The molecule has 2 aliphatic heterocycles. The molecule has 2 aliphatic rings. The van der Waals surface area contributed by atoms with E-state index in [-0.39, 0.29) is 5.60 Å². The fraction of sp³-hybridized carbons (Fsp3) is 0.583. The van der Waals surface area contributed by atoms with Crippen LogP contribution in [-0.2, 0) is 4.74 Å². The molecular weight excluding hydrogens is 202 g/mol. The van der Waals surface area contributed by atoms with Crippen LogP contribution < -0.4 is 10.6 Å². The Balaban J connectivity index is 1.67. The lowest BCUT2D eigenvalue weighted by Crippen LogP contribution is -2.52. The summed E-state index contributed by atoms with van der Waals surface area (Å²) in [5, 5.41) is 0. The van der Waals surface area contributed by atoms with Crippen molar-refractivity contribution in [1.82, 2.24) is 4.98 Å². The topological polar surface area (TPSA) is 51.4 Å². The second-order valence-corrected chi connectivity index (χ2v) is 4.71. The van der Waals surface area contributed by atoms with E-state index in [4.69, 9.17) is 10.5 Å². The summed E-state index contributed by atoms with van der Waals surface area (Å²) in [5.74, 6) is 0.583. The Bertz CT molecular complexity index is 362. The van der Waals surface area contributed by atoms with Crippen molar-refractivity contribution in [3.05, 3.63) is 18.3 Å². The highest BCUT2D eigenvalue weighted by molar-refractivity contribution is 5.48. The molecule has 2 N–H and O–H groups in total. The zero-order chi connectivity index (χ0) is 11.0. The third-order valence-electron chi connectivity index (χ3n) is 3.78. The fourth-order valence-corrected chi connectivity index (χ4v) is 2.54. The van der Waals surface area contributed by atoms with Gasteiger partial charge in [-0.25, -0.2) is 4.98 Å². The molecule has 0 unspecified atom stereocenters. The Labute approximate surface area is 95.4 Å². The van der Waals surface area contributed by atoms with Crippen LogP contribution >= 0.6 is 0 Å².